The van der Waals surface area contributed by atoms with Crippen molar-refractivity contribution in [1.29, 1.82) is 5.26 Å². The lowest BCUT2D eigenvalue weighted by atomic mass is 10.2. The summed E-state index contributed by atoms with van der Waals surface area (Å²) >= 11 is 0. The molecule has 0 atom stereocenters. The topological polar surface area (TPSA) is 88.5 Å². The molecule has 3 aromatic rings. The van der Waals surface area contributed by atoms with Crippen LogP contribution in [0, 0.1) is 11.3 Å². The number of oxime groups is 1. The van der Waals surface area contributed by atoms with E-state index in [1.54, 1.807) is 23.1 Å². The third kappa shape index (κ3) is 1.83. The van der Waals surface area contributed by atoms with Crippen LogP contribution >= 0.6 is 0 Å². The van der Waals surface area contributed by atoms with Crippen LogP contribution in [0.1, 0.15) is 11.3 Å². The molecule has 0 aliphatic carbocycles. The third-order valence-electron chi connectivity index (χ3n) is 2.92. The first-order valence-electron chi connectivity index (χ1n) is 5.90. The van der Waals surface area contributed by atoms with Gasteiger partial charge in [-0.1, -0.05) is 5.16 Å². The number of rotatable bonds is 3. The van der Waals surface area contributed by atoms with Gasteiger partial charge in [-0.15, -0.1) is 0 Å². The number of aromatic nitrogens is 4. The molecular formula is C13H10N6O. The molecule has 0 aliphatic rings. The zero-order valence-corrected chi connectivity index (χ0v) is 10.7. The van der Waals surface area contributed by atoms with E-state index >= 15 is 0 Å². The van der Waals surface area contributed by atoms with Crippen LogP contribution in [0.3, 0.4) is 0 Å². The number of pyridine rings is 1. The van der Waals surface area contributed by atoms with Crippen LogP contribution in [0.2, 0.25) is 0 Å². The highest BCUT2D eigenvalue weighted by atomic mass is 16.6. The number of fused-ring (bicyclic) bond motifs is 3. The van der Waals surface area contributed by atoms with Gasteiger partial charge in [0.25, 0.3) is 0 Å². The molecule has 0 unspecified atom stereocenters. The average Bonchev–Trinajstić information content (AvgIpc) is 2.91. The molecule has 3 rings (SSSR count). The van der Waals surface area contributed by atoms with Crippen molar-refractivity contribution in [2.45, 2.75) is 6.42 Å². The van der Waals surface area contributed by atoms with E-state index < -0.39 is 0 Å². The van der Waals surface area contributed by atoms with Crippen molar-refractivity contribution >= 4 is 22.8 Å². The Labute approximate surface area is 114 Å². The summed E-state index contributed by atoms with van der Waals surface area (Å²) in [4.78, 5) is 13.2. The van der Waals surface area contributed by atoms with Crippen molar-refractivity contribution in [3.05, 3.63) is 35.9 Å². The van der Waals surface area contributed by atoms with Crippen LogP contribution in [0.5, 0.6) is 0 Å². The summed E-state index contributed by atoms with van der Waals surface area (Å²) in [6, 6.07) is 3.91. The molecule has 3 aromatic heterocycles. The van der Waals surface area contributed by atoms with Gasteiger partial charge in [0.1, 0.15) is 18.7 Å². The summed E-state index contributed by atoms with van der Waals surface area (Å²) in [6.45, 7) is 0. The maximum atomic E-state index is 9.01. The fraction of sp³-hybridized carbons (Fsp3) is 0.154. The predicted octanol–water partition coefficient (Wildman–Crippen LogP) is 1.32. The molecule has 0 aromatic carbocycles. The minimum atomic E-state index is 0.450. The first-order valence-corrected chi connectivity index (χ1v) is 5.90. The molecule has 0 bridgehead atoms. The van der Waals surface area contributed by atoms with Crippen LogP contribution in [0.15, 0.2) is 29.8 Å². The first-order chi connectivity index (χ1) is 9.85. The highest BCUT2D eigenvalue weighted by Crippen LogP contribution is 2.18. The van der Waals surface area contributed by atoms with E-state index in [1.807, 2.05) is 6.07 Å². The Balaban J connectivity index is 2.21. The van der Waals surface area contributed by atoms with Crippen molar-refractivity contribution < 1.29 is 4.84 Å². The monoisotopic (exact) mass is 266 g/mol. The molecule has 0 radical (unpaired) electrons. The molecule has 0 saturated carbocycles. The van der Waals surface area contributed by atoms with E-state index in [1.165, 1.54) is 13.3 Å². The van der Waals surface area contributed by atoms with Crippen molar-refractivity contribution in [2.75, 3.05) is 7.11 Å². The molecule has 0 aliphatic heterocycles. The lowest BCUT2D eigenvalue weighted by molar-refractivity contribution is 0.215. The first kappa shape index (κ1) is 12.0. The van der Waals surface area contributed by atoms with E-state index in [9.17, 15) is 0 Å². The van der Waals surface area contributed by atoms with Crippen LogP contribution < -0.4 is 0 Å². The Bertz CT molecular complexity index is 845. The summed E-state index contributed by atoms with van der Waals surface area (Å²) in [5.74, 6) is 0. The standard InChI is InChI=1S/C13H10N6O/c1-20-18-5-2-11-10-8-16-13-9(6-14)7-17-19(13)12(10)3-4-15-11/h3-5,7-8H,2H2,1H3/b18-5+. The van der Waals surface area contributed by atoms with Crippen molar-refractivity contribution in [1.82, 2.24) is 19.6 Å². The van der Waals surface area contributed by atoms with Gasteiger partial charge < -0.3 is 4.84 Å². The Morgan fingerprint density at radius 2 is 2.35 bits per heavy atom. The van der Waals surface area contributed by atoms with Gasteiger partial charge in [0, 0.05) is 30.4 Å². The van der Waals surface area contributed by atoms with Crippen LogP contribution in [-0.2, 0) is 11.3 Å². The zero-order chi connectivity index (χ0) is 13.9. The largest absolute Gasteiger partial charge is 0.399 e. The molecule has 0 fully saturated rings. The molecular weight excluding hydrogens is 256 g/mol. The van der Waals surface area contributed by atoms with Crippen molar-refractivity contribution in [3.8, 4) is 6.07 Å². The van der Waals surface area contributed by atoms with Gasteiger partial charge in [0.2, 0.25) is 0 Å². The summed E-state index contributed by atoms with van der Waals surface area (Å²) in [5, 5.41) is 17.8. The van der Waals surface area contributed by atoms with E-state index in [0.29, 0.717) is 17.6 Å². The summed E-state index contributed by atoms with van der Waals surface area (Å²) in [6.07, 6.45) is 7.08. The fourth-order valence-electron chi connectivity index (χ4n) is 2.04. The summed E-state index contributed by atoms with van der Waals surface area (Å²) < 4.78 is 1.65. The van der Waals surface area contributed by atoms with E-state index in [-0.39, 0.29) is 0 Å². The van der Waals surface area contributed by atoms with E-state index in [2.05, 4.69) is 31.1 Å². The lowest BCUT2D eigenvalue weighted by Gasteiger charge is -2.04. The highest BCUT2D eigenvalue weighted by Gasteiger charge is 2.10. The molecule has 98 valence electrons. The Hall–Kier alpha value is -3.01. The lowest BCUT2D eigenvalue weighted by Crippen LogP contribution is -1.99. The fourth-order valence-corrected chi connectivity index (χ4v) is 2.04. The average molecular weight is 266 g/mol. The van der Waals surface area contributed by atoms with E-state index in [0.717, 1.165) is 16.6 Å². The van der Waals surface area contributed by atoms with Gasteiger partial charge in [-0.2, -0.15) is 10.4 Å². The number of hydrogen-bond acceptors (Lipinski definition) is 6. The minimum Gasteiger partial charge on any atom is -0.399 e. The van der Waals surface area contributed by atoms with Crippen LogP contribution in [-0.4, -0.2) is 32.9 Å². The molecule has 0 N–H and O–H groups in total. The molecule has 20 heavy (non-hydrogen) atoms. The van der Waals surface area contributed by atoms with Crippen LogP contribution in [0.4, 0.5) is 0 Å². The summed E-state index contributed by atoms with van der Waals surface area (Å²) in [5.41, 5.74) is 2.67. The maximum Gasteiger partial charge on any atom is 0.173 e. The Kier molecular flexibility index (Phi) is 2.97. The smallest absolute Gasteiger partial charge is 0.173 e. The van der Waals surface area contributed by atoms with Gasteiger partial charge in [-0.25, -0.2) is 9.50 Å². The quantitative estimate of drug-likeness (QED) is 0.527. The molecule has 0 spiro atoms. The molecule has 0 saturated heterocycles. The van der Waals surface area contributed by atoms with Gasteiger partial charge in [0.15, 0.2) is 5.65 Å². The second-order valence-corrected chi connectivity index (χ2v) is 4.03. The van der Waals surface area contributed by atoms with Crippen molar-refractivity contribution in [3.63, 3.8) is 0 Å². The zero-order valence-electron chi connectivity index (χ0n) is 10.7. The second-order valence-electron chi connectivity index (χ2n) is 4.03. The van der Waals surface area contributed by atoms with Gasteiger partial charge in [-0.3, -0.25) is 4.98 Å². The van der Waals surface area contributed by atoms with Gasteiger partial charge in [-0.05, 0) is 6.07 Å². The van der Waals surface area contributed by atoms with Crippen molar-refractivity contribution in [2.24, 2.45) is 5.16 Å². The van der Waals surface area contributed by atoms with Gasteiger partial charge >= 0.3 is 0 Å². The predicted molar refractivity (Wildman–Crippen MR) is 72.2 cm³/mol. The third-order valence-corrected chi connectivity index (χ3v) is 2.92. The number of nitrogens with zero attached hydrogens (tertiary/aromatic N) is 6. The second kappa shape index (κ2) is 4.93. The summed E-state index contributed by atoms with van der Waals surface area (Å²) in [7, 11) is 1.49. The molecule has 0 amide bonds. The number of nitriles is 1. The molecule has 3 heterocycles. The highest BCUT2D eigenvalue weighted by molar-refractivity contribution is 5.85. The number of hydrogen-bond donors (Lipinski definition) is 0. The maximum absolute atomic E-state index is 9.01. The Morgan fingerprint density at radius 1 is 1.45 bits per heavy atom. The van der Waals surface area contributed by atoms with Gasteiger partial charge in [0.05, 0.1) is 17.4 Å². The van der Waals surface area contributed by atoms with Crippen LogP contribution in [0.25, 0.3) is 16.6 Å². The molecule has 7 heteroatoms. The normalized spacial score (nSPS) is 11.2. The minimum absolute atomic E-state index is 0.450. The van der Waals surface area contributed by atoms with E-state index in [4.69, 9.17) is 5.26 Å². The SMILES string of the molecule is CO/N=C/Cc1nccc2c1cnc1c(C#N)cnn12. The molecule has 7 nitrogen and oxygen atoms in total. The Morgan fingerprint density at radius 3 is 3.15 bits per heavy atom.